The summed E-state index contributed by atoms with van der Waals surface area (Å²) in [5.41, 5.74) is 1.37. The van der Waals surface area contributed by atoms with Crippen molar-refractivity contribution in [3.63, 3.8) is 0 Å². The number of hydrogen-bond donors (Lipinski definition) is 1. The first-order chi connectivity index (χ1) is 9.72. The molecule has 0 fully saturated rings. The van der Waals surface area contributed by atoms with Gasteiger partial charge in [0, 0.05) is 10.6 Å². The summed E-state index contributed by atoms with van der Waals surface area (Å²) in [6.07, 6.45) is 3.37. The molecule has 2 heterocycles. The van der Waals surface area contributed by atoms with Gasteiger partial charge in [-0.3, -0.25) is 4.79 Å². The molecule has 0 radical (unpaired) electrons. The maximum absolute atomic E-state index is 12.1. The van der Waals surface area contributed by atoms with Gasteiger partial charge in [-0.1, -0.05) is 11.6 Å². The molecule has 1 aliphatic heterocycles. The summed E-state index contributed by atoms with van der Waals surface area (Å²) in [5.74, 6) is 1.27. The first-order valence-electron chi connectivity index (χ1n) is 6.16. The monoisotopic (exact) mass is 289 g/mol. The lowest BCUT2D eigenvalue weighted by Gasteiger charge is -2.17. The molecule has 1 aromatic carbocycles. The van der Waals surface area contributed by atoms with Crippen molar-refractivity contribution in [1.82, 2.24) is 5.32 Å². The van der Waals surface area contributed by atoms with E-state index in [1.54, 1.807) is 42.7 Å². The molecule has 2 aromatic rings. The van der Waals surface area contributed by atoms with Crippen LogP contribution in [0.5, 0.6) is 5.75 Å². The SMILES string of the molecule is O=C(NCc1ccco1)C1=Cc2cc(Cl)ccc2OC1. The van der Waals surface area contributed by atoms with E-state index in [2.05, 4.69) is 5.32 Å². The Kier molecular flexibility index (Phi) is 3.48. The Balaban J connectivity index is 1.72. The van der Waals surface area contributed by atoms with Gasteiger partial charge in [-0.15, -0.1) is 0 Å². The Morgan fingerprint density at radius 1 is 1.35 bits per heavy atom. The fraction of sp³-hybridized carbons (Fsp3) is 0.133. The van der Waals surface area contributed by atoms with Crippen molar-refractivity contribution in [2.75, 3.05) is 6.61 Å². The minimum absolute atomic E-state index is 0.174. The second-order valence-electron chi connectivity index (χ2n) is 4.40. The van der Waals surface area contributed by atoms with Crippen LogP contribution < -0.4 is 10.1 Å². The number of carbonyl (C=O) groups excluding carboxylic acids is 1. The quantitative estimate of drug-likeness (QED) is 0.945. The highest BCUT2D eigenvalue weighted by Crippen LogP contribution is 2.28. The number of halogens is 1. The average Bonchev–Trinajstić information content (AvgIpc) is 2.97. The van der Waals surface area contributed by atoms with Crippen LogP contribution in [0.2, 0.25) is 5.02 Å². The highest BCUT2D eigenvalue weighted by molar-refractivity contribution is 6.30. The van der Waals surface area contributed by atoms with Gasteiger partial charge in [0.2, 0.25) is 0 Å². The number of nitrogens with one attached hydrogen (secondary N) is 1. The predicted octanol–water partition coefficient (Wildman–Crippen LogP) is 3.03. The number of carbonyl (C=O) groups is 1. The zero-order chi connectivity index (χ0) is 13.9. The molecule has 0 bridgehead atoms. The Hall–Kier alpha value is -2.20. The van der Waals surface area contributed by atoms with Gasteiger partial charge in [0.15, 0.2) is 0 Å². The Bertz CT molecular complexity index is 662. The van der Waals surface area contributed by atoms with Crippen LogP contribution in [-0.2, 0) is 11.3 Å². The molecule has 1 amide bonds. The van der Waals surface area contributed by atoms with Crippen molar-refractivity contribution in [3.05, 3.63) is 58.5 Å². The minimum Gasteiger partial charge on any atom is -0.488 e. The lowest BCUT2D eigenvalue weighted by Crippen LogP contribution is -2.28. The standard InChI is InChI=1S/C15H12ClNO3/c16-12-3-4-14-10(7-12)6-11(9-20-14)15(18)17-8-13-2-1-5-19-13/h1-7H,8-9H2,(H,17,18). The van der Waals surface area contributed by atoms with Crippen molar-refractivity contribution in [2.24, 2.45) is 0 Å². The van der Waals surface area contributed by atoms with Crippen LogP contribution in [0.1, 0.15) is 11.3 Å². The predicted molar refractivity (Wildman–Crippen MR) is 75.5 cm³/mol. The third-order valence-electron chi connectivity index (χ3n) is 2.98. The molecule has 1 N–H and O–H groups in total. The van der Waals surface area contributed by atoms with E-state index in [4.69, 9.17) is 20.8 Å². The summed E-state index contributed by atoms with van der Waals surface area (Å²) in [6, 6.07) is 8.92. The van der Waals surface area contributed by atoms with Gasteiger partial charge in [-0.25, -0.2) is 0 Å². The van der Waals surface area contributed by atoms with Crippen molar-refractivity contribution in [2.45, 2.75) is 6.54 Å². The number of fused-ring (bicyclic) bond motifs is 1. The lowest BCUT2D eigenvalue weighted by atomic mass is 10.1. The summed E-state index contributed by atoms with van der Waals surface area (Å²) < 4.78 is 10.7. The molecule has 3 rings (SSSR count). The van der Waals surface area contributed by atoms with Gasteiger partial charge >= 0.3 is 0 Å². The van der Waals surface area contributed by atoms with E-state index in [-0.39, 0.29) is 12.5 Å². The number of rotatable bonds is 3. The van der Waals surface area contributed by atoms with Gasteiger partial charge in [0.05, 0.1) is 18.4 Å². The number of furan rings is 1. The zero-order valence-corrected chi connectivity index (χ0v) is 11.3. The Morgan fingerprint density at radius 2 is 2.25 bits per heavy atom. The molecule has 0 unspecified atom stereocenters. The van der Waals surface area contributed by atoms with Crippen LogP contribution in [0.3, 0.4) is 0 Å². The second kappa shape index (κ2) is 5.43. The Labute approximate surface area is 121 Å². The maximum Gasteiger partial charge on any atom is 0.251 e. The molecular weight excluding hydrogens is 278 g/mol. The fourth-order valence-corrected chi connectivity index (χ4v) is 2.15. The molecule has 0 atom stereocenters. The summed E-state index contributed by atoms with van der Waals surface area (Å²) in [4.78, 5) is 12.1. The fourth-order valence-electron chi connectivity index (χ4n) is 1.97. The number of ether oxygens (including phenoxy) is 1. The third-order valence-corrected chi connectivity index (χ3v) is 3.21. The summed E-state index contributed by atoms with van der Waals surface area (Å²) in [6.45, 7) is 0.601. The van der Waals surface area contributed by atoms with Crippen LogP contribution in [0.4, 0.5) is 0 Å². The van der Waals surface area contributed by atoms with Gasteiger partial charge in [-0.05, 0) is 36.4 Å². The third kappa shape index (κ3) is 2.70. The van der Waals surface area contributed by atoms with Crippen LogP contribution in [0.15, 0.2) is 46.6 Å². The zero-order valence-electron chi connectivity index (χ0n) is 10.6. The number of hydrogen-bond acceptors (Lipinski definition) is 3. The number of amides is 1. The van der Waals surface area contributed by atoms with Gasteiger partial charge < -0.3 is 14.5 Å². The van der Waals surface area contributed by atoms with E-state index in [1.807, 2.05) is 0 Å². The highest BCUT2D eigenvalue weighted by Gasteiger charge is 2.17. The average molecular weight is 290 g/mol. The van der Waals surface area contributed by atoms with Gasteiger partial charge in [-0.2, -0.15) is 0 Å². The molecule has 5 heteroatoms. The van der Waals surface area contributed by atoms with E-state index in [0.29, 0.717) is 22.9 Å². The maximum atomic E-state index is 12.1. The topological polar surface area (TPSA) is 51.5 Å². The molecule has 0 aliphatic carbocycles. The normalized spacial score (nSPS) is 13.2. The van der Waals surface area contributed by atoms with E-state index in [9.17, 15) is 4.79 Å². The van der Waals surface area contributed by atoms with Gasteiger partial charge in [0.25, 0.3) is 5.91 Å². The minimum atomic E-state index is -0.174. The second-order valence-corrected chi connectivity index (χ2v) is 4.84. The van der Waals surface area contributed by atoms with Crippen LogP contribution in [0, 0.1) is 0 Å². The molecule has 0 saturated carbocycles. The van der Waals surface area contributed by atoms with Crippen LogP contribution >= 0.6 is 11.6 Å². The van der Waals surface area contributed by atoms with E-state index < -0.39 is 0 Å². The van der Waals surface area contributed by atoms with E-state index in [1.165, 1.54) is 0 Å². The van der Waals surface area contributed by atoms with Gasteiger partial charge in [0.1, 0.15) is 18.1 Å². The van der Waals surface area contributed by atoms with E-state index in [0.717, 1.165) is 11.3 Å². The largest absolute Gasteiger partial charge is 0.488 e. The Morgan fingerprint density at radius 3 is 3.05 bits per heavy atom. The molecule has 0 saturated heterocycles. The molecule has 1 aliphatic rings. The van der Waals surface area contributed by atoms with Crippen molar-refractivity contribution < 1.29 is 13.9 Å². The molecule has 4 nitrogen and oxygen atoms in total. The lowest BCUT2D eigenvalue weighted by molar-refractivity contribution is -0.118. The summed E-state index contributed by atoms with van der Waals surface area (Å²) >= 11 is 5.93. The van der Waals surface area contributed by atoms with Crippen molar-refractivity contribution in [3.8, 4) is 5.75 Å². The first kappa shape index (κ1) is 12.8. The molecule has 20 heavy (non-hydrogen) atoms. The number of benzene rings is 1. The van der Waals surface area contributed by atoms with Crippen molar-refractivity contribution in [1.29, 1.82) is 0 Å². The van der Waals surface area contributed by atoms with Crippen LogP contribution in [0.25, 0.3) is 6.08 Å². The molecular formula is C15H12ClNO3. The van der Waals surface area contributed by atoms with Crippen LogP contribution in [-0.4, -0.2) is 12.5 Å². The smallest absolute Gasteiger partial charge is 0.251 e. The van der Waals surface area contributed by atoms with Crippen molar-refractivity contribution >= 4 is 23.6 Å². The first-order valence-corrected chi connectivity index (χ1v) is 6.54. The summed E-state index contributed by atoms with van der Waals surface area (Å²) in [5, 5.41) is 3.40. The molecule has 102 valence electrons. The molecule has 0 spiro atoms. The highest BCUT2D eigenvalue weighted by atomic mass is 35.5. The summed E-state index contributed by atoms with van der Waals surface area (Å²) in [7, 11) is 0. The molecule has 1 aromatic heterocycles. The van der Waals surface area contributed by atoms with E-state index >= 15 is 0 Å².